The average molecular weight is 277 g/mol. The van der Waals surface area contributed by atoms with Crippen LogP contribution in [0.3, 0.4) is 0 Å². The van der Waals surface area contributed by atoms with Crippen molar-refractivity contribution in [3.63, 3.8) is 0 Å². The molecule has 1 unspecified atom stereocenters. The fourth-order valence-electron chi connectivity index (χ4n) is 1.77. The summed E-state index contributed by atoms with van der Waals surface area (Å²) < 4.78 is 4.95. The van der Waals surface area contributed by atoms with Crippen molar-refractivity contribution in [2.75, 3.05) is 24.6 Å². The number of benzene rings is 1. The third-order valence-corrected chi connectivity index (χ3v) is 2.97. The minimum absolute atomic E-state index is 0.0198. The summed E-state index contributed by atoms with van der Waals surface area (Å²) >= 11 is 0. The maximum Gasteiger partial charge on any atom is 0.333 e. The molecule has 0 aliphatic carbocycles. The van der Waals surface area contributed by atoms with Crippen molar-refractivity contribution in [2.24, 2.45) is 0 Å². The van der Waals surface area contributed by atoms with Gasteiger partial charge in [-0.15, -0.1) is 0 Å². The van der Waals surface area contributed by atoms with Crippen molar-refractivity contribution in [3.05, 3.63) is 42.0 Å². The summed E-state index contributed by atoms with van der Waals surface area (Å²) in [5.41, 5.74) is 2.58. The van der Waals surface area contributed by atoms with Crippen LogP contribution in [0.4, 0.5) is 5.69 Å². The number of aryl methyl sites for hydroxylation is 1. The largest absolute Gasteiger partial charge is 0.460 e. The highest BCUT2D eigenvalue weighted by atomic mass is 16.5. The van der Waals surface area contributed by atoms with E-state index in [-0.39, 0.29) is 6.61 Å². The molecule has 1 N–H and O–H groups in total. The van der Waals surface area contributed by atoms with E-state index in [9.17, 15) is 9.90 Å². The molecule has 0 amide bonds. The molecule has 1 aromatic rings. The minimum atomic E-state index is -0.723. The van der Waals surface area contributed by atoms with Gasteiger partial charge in [0.1, 0.15) is 12.7 Å². The van der Waals surface area contributed by atoms with Gasteiger partial charge in [0, 0.05) is 24.4 Å². The third kappa shape index (κ3) is 5.05. The fourth-order valence-corrected chi connectivity index (χ4v) is 1.77. The normalized spacial score (nSPS) is 11.8. The van der Waals surface area contributed by atoms with Crippen LogP contribution in [0.1, 0.15) is 19.4 Å². The van der Waals surface area contributed by atoms with Crippen molar-refractivity contribution in [2.45, 2.75) is 26.9 Å². The summed E-state index contributed by atoms with van der Waals surface area (Å²) in [6.07, 6.45) is -0.723. The van der Waals surface area contributed by atoms with E-state index >= 15 is 0 Å². The standard InChI is InChI=1S/C16H23NO3/c1-5-17(14-8-6-13(4)7-9-14)10-15(18)11-20-16(19)12(2)3/h6-9,15,18H,2,5,10-11H2,1,3-4H3. The Hall–Kier alpha value is -1.81. The second kappa shape index (κ2) is 7.70. The van der Waals surface area contributed by atoms with Gasteiger partial charge >= 0.3 is 5.97 Å². The summed E-state index contributed by atoms with van der Waals surface area (Å²) in [5, 5.41) is 9.95. The first-order valence-electron chi connectivity index (χ1n) is 6.76. The SMILES string of the molecule is C=C(C)C(=O)OCC(O)CN(CC)c1ccc(C)cc1. The van der Waals surface area contributed by atoms with Crippen molar-refractivity contribution in [1.29, 1.82) is 0 Å². The Morgan fingerprint density at radius 3 is 2.50 bits per heavy atom. The molecule has 0 aromatic heterocycles. The molecule has 0 aliphatic heterocycles. The van der Waals surface area contributed by atoms with Gasteiger partial charge in [-0.05, 0) is 32.9 Å². The number of ether oxygens (including phenoxy) is 1. The molecular weight excluding hydrogens is 254 g/mol. The number of hydrogen-bond donors (Lipinski definition) is 1. The highest BCUT2D eigenvalue weighted by Crippen LogP contribution is 2.15. The zero-order valence-electron chi connectivity index (χ0n) is 12.4. The minimum Gasteiger partial charge on any atom is -0.460 e. The number of carbonyl (C=O) groups excluding carboxylic acids is 1. The van der Waals surface area contributed by atoms with E-state index < -0.39 is 12.1 Å². The predicted octanol–water partition coefficient (Wildman–Crippen LogP) is 2.30. The lowest BCUT2D eigenvalue weighted by molar-refractivity contribution is -0.141. The molecule has 0 bridgehead atoms. The lowest BCUT2D eigenvalue weighted by Crippen LogP contribution is -2.35. The molecule has 4 nitrogen and oxygen atoms in total. The average Bonchev–Trinajstić information content (AvgIpc) is 2.43. The fraction of sp³-hybridized carbons (Fsp3) is 0.438. The van der Waals surface area contributed by atoms with Crippen LogP contribution >= 0.6 is 0 Å². The second-order valence-electron chi connectivity index (χ2n) is 4.91. The molecule has 0 fully saturated rings. The summed E-state index contributed by atoms with van der Waals surface area (Å²) in [4.78, 5) is 13.3. The van der Waals surface area contributed by atoms with Crippen LogP contribution in [0.2, 0.25) is 0 Å². The van der Waals surface area contributed by atoms with Crippen LogP contribution in [0.15, 0.2) is 36.4 Å². The molecule has 1 atom stereocenters. The Kier molecular flexibility index (Phi) is 6.25. The molecule has 0 spiro atoms. The highest BCUT2D eigenvalue weighted by molar-refractivity contribution is 5.86. The van der Waals surface area contributed by atoms with Gasteiger partial charge in [-0.3, -0.25) is 0 Å². The molecule has 110 valence electrons. The molecule has 0 saturated heterocycles. The molecule has 20 heavy (non-hydrogen) atoms. The van der Waals surface area contributed by atoms with E-state index in [1.54, 1.807) is 6.92 Å². The second-order valence-corrected chi connectivity index (χ2v) is 4.91. The Labute approximate surface area is 120 Å². The molecule has 0 radical (unpaired) electrons. The van der Waals surface area contributed by atoms with Gasteiger partial charge in [-0.25, -0.2) is 4.79 Å². The first-order valence-corrected chi connectivity index (χ1v) is 6.76. The van der Waals surface area contributed by atoms with Crippen molar-refractivity contribution >= 4 is 11.7 Å². The molecule has 1 aromatic carbocycles. The summed E-state index contributed by atoms with van der Waals surface area (Å²) in [5.74, 6) is -0.470. The Balaban J connectivity index is 2.53. The Morgan fingerprint density at radius 1 is 1.40 bits per heavy atom. The number of aliphatic hydroxyl groups excluding tert-OH is 1. The monoisotopic (exact) mass is 277 g/mol. The zero-order valence-corrected chi connectivity index (χ0v) is 12.4. The molecular formula is C16H23NO3. The number of carbonyl (C=O) groups is 1. The third-order valence-electron chi connectivity index (χ3n) is 2.97. The summed E-state index contributed by atoms with van der Waals surface area (Å²) in [7, 11) is 0. The van der Waals surface area contributed by atoms with Crippen LogP contribution in [-0.4, -0.2) is 36.9 Å². The van der Waals surface area contributed by atoms with E-state index in [0.29, 0.717) is 12.1 Å². The number of hydrogen-bond acceptors (Lipinski definition) is 4. The van der Waals surface area contributed by atoms with Gasteiger partial charge in [-0.1, -0.05) is 24.3 Å². The van der Waals surface area contributed by atoms with Crippen LogP contribution in [0.25, 0.3) is 0 Å². The van der Waals surface area contributed by atoms with Crippen LogP contribution in [0.5, 0.6) is 0 Å². The predicted molar refractivity (Wildman–Crippen MR) is 80.8 cm³/mol. The maximum absolute atomic E-state index is 11.3. The maximum atomic E-state index is 11.3. The van der Waals surface area contributed by atoms with Gasteiger partial charge in [0.05, 0.1) is 0 Å². The van der Waals surface area contributed by atoms with Crippen LogP contribution in [-0.2, 0) is 9.53 Å². The number of rotatable bonds is 7. The summed E-state index contributed by atoms with van der Waals surface area (Å²) in [6.45, 7) is 10.3. The van der Waals surface area contributed by atoms with E-state index in [1.165, 1.54) is 5.56 Å². The topological polar surface area (TPSA) is 49.8 Å². The lowest BCUT2D eigenvalue weighted by atomic mass is 10.2. The van der Waals surface area contributed by atoms with E-state index in [4.69, 9.17) is 4.74 Å². The quantitative estimate of drug-likeness (QED) is 0.614. The van der Waals surface area contributed by atoms with E-state index in [1.807, 2.05) is 43.0 Å². The Bertz CT molecular complexity index is 453. The van der Waals surface area contributed by atoms with Crippen LogP contribution in [0, 0.1) is 6.92 Å². The van der Waals surface area contributed by atoms with E-state index in [2.05, 4.69) is 6.58 Å². The van der Waals surface area contributed by atoms with Gasteiger partial charge in [0.2, 0.25) is 0 Å². The number of nitrogens with zero attached hydrogens (tertiary/aromatic N) is 1. The number of anilines is 1. The van der Waals surface area contributed by atoms with Gasteiger partial charge < -0.3 is 14.7 Å². The summed E-state index contributed by atoms with van der Waals surface area (Å²) in [6, 6.07) is 8.11. The molecule has 1 rings (SSSR count). The Morgan fingerprint density at radius 2 is 2.00 bits per heavy atom. The van der Waals surface area contributed by atoms with Crippen molar-refractivity contribution in [3.8, 4) is 0 Å². The van der Waals surface area contributed by atoms with Gasteiger partial charge in [0.25, 0.3) is 0 Å². The van der Waals surface area contributed by atoms with Gasteiger partial charge in [0.15, 0.2) is 0 Å². The van der Waals surface area contributed by atoms with Crippen molar-refractivity contribution in [1.82, 2.24) is 0 Å². The molecule has 0 saturated carbocycles. The molecule has 0 aliphatic rings. The first kappa shape index (κ1) is 16.2. The molecule has 4 heteroatoms. The van der Waals surface area contributed by atoms with E-state index in [0.717, 1.165) is 12.2 Å². The number of aliphatic hydroxyl groups is 1. The zero-order chi connectivity index (χ0) is 15.1. The number of likely N-dealkylation sites (N-methyl/N-ethyl adjacent to an activating group) is 1. The molecule has 0 heterocycles. The highest BCUT2D eigenvalue weighted by Gasteiger charge is 2.13. The van der Waals surface area contributed by atoms with Crippen LogP contribution < -0.4 is 4.90 Å². The number of esters is 1. The van der Waals surface area contributed by atoms with Gasteiger partial charge in [-0.2, -0.15) is 0 Å². The van der Waals surface area contributed by atoms with Crippen molar-refractivity contribution < 1.29 is 14.6 Å². The smallest absolute Gasteiger partial charge is 0.333 e. The lowest BCUT2D eigenvalue weighted by Gasteiger charge is -2.26. The first-order chi connectivity index (χ1) is 9.43.